The molecule has 1 aromatic heterocycles. The summed E-state index contributed by atoms with van der Waals surface area (Å²) in [6, 6.07) is 16.6. The number of methoxy groups -OCH3 is 2. The molecule has 0 bridgehead atoms. The minimum Gasteiger partial charge on any atom is -0.496 e. The number of benzene rings is 3. The first-order chi connectivity index (χ1) is 18.5. The molecule has 3 aromatic carbocycles. The van der Waals surface area contributed by atoms with Crippen LogP contribution in [0.25, 0.3) is 28.2 Å². The monoisotopic (exact) mass is 527 g/mol. The molecule has 0 atom stereocenters. The van der Waals surface area contributed by atoms with Gasteiger partial charge in [-0.15, -0.1) is 0 Å². The summed E-state index contributed by atoms with van der Waals surface area (Å²) in [7, 11) is 3.03. The number of aromatic nitrogens is 1. The van der Waals surface area contributed by atoms with Gasteiger partial charge in [-0.05, 0) is 57.2 Å². The molecule has 0 amide bonds. The number of fused-ring (bicyclic) bond motifs is 1. The van der Waals surface area contributed by atoms with Gasteiger partial charge in [0, 0.05) is 33.7 Å². The highest BCUT2D eigenvalue weighted by Crippen LogP contribution is 2.40. The lowest BCUT2D eigenvalue weighted by atomic mass is 10.00. The molecular formula is C31H29NO7. The van der Waals surface area contributed by atoms with Crippen molar-refractivity contribution in [1.29, 1.82) is 0 Å². The van der Waals surface area contributed by atoms with Gasteiger partial charge in [-0.2, -0.15) is 0 Å². The first kappa shape index (κ1) is 27.2. The van der Waals surface area contributed by atoms with Crippen molar-refractivity contribution in [3.63, 3.8) is 0 Å². The molecule has 0 fully saturated rings. The number of H-pyrrole nitrogens is 1. The average molecular weight is 528 g/mol. The Morgan fingerprint density at radius 3 is 2.13 bits per heavy atom. The first-order valence-electron chi connectivity index (χ1n) is 12.2. The van der Waals surface area contributed by atoms with E-state index in [0.717, 1.165) is 5.52 Å². The summed E-state index contributed by atoms with van der Waals surface area (Å²) in [5.74, 6) is -0.953. The zero-order chi connectivity index (χ0) is 28.3. The van der Waals surface area contributed by atoms with Crippen LogP contribution in [0.4, 0.5) is 0 Å². The fraction of sp³-hybridized carbons (Fsp3) is 0.194. The van der Waals surface area contributed by atoms with Gasteiger partial charge in [0.25, 0.3) is 0 Å². The van der Waals surface area contributed by atoms with Crippen molar-refractivity contribution in [2.75, 3.05) is 14.2 Å². The van der Waals surface area contributed by atoms with Gasteiger partial charge < -0.3 is 24.3 Å². The molecule has 0 spiro atoms. The number of carbonyl (C=O) groups is 3. The van der Waals surface area contributed by atoms with Crippen LogP contribution in [-0.4, -0.2) is 47.6 Å². The molecule has 0 aliphatic heterocycles. The van der Waals surface area contributed by atoms with Gasteiger partial charge in [0.2, 0.25) is 0 Å². The van der Waals surface area contributed by atoms with Crippen molar-refractivity contribution in [2.45, 2.75) is 26.4 Å². The molecule has 0 unspecified atom stereocenters. The van der Waals surface area contributed by atoms with Crippen LogP contribution in [0.5, 0.6) is 11.5 Å². The van der Waals surface area contributed by atoms with Crippen LogP contribution in [-0.2, 0) is 4.74 Å². The van der Waals surface area contributed by atoms with E-state index in [1.807, 2.05) is 45.0 Å². The normalized spacial score (nSPS) is 11.5. The number of carbonyl (C=O) groups excluding carboxylic acids is 2. The predicted molar refractivity (Wildman–Crippen MR) is 149 cm³/mol. The Labute approximate surface area is 225 Å². The van der Waals surface area contributed by atoms with Crippen LogP contribution in [0.15, 0.2) is 66.7 Å². The number of aromatic amines is 1. The van der Waals surface area contributed by atoms with Crippen LogP contribution < -0.4 is 9.47 Å². The maximum absolute atomic E-state index is 13.4. The number of ketones is 1. The molecule has 0 radical (unpaired) electrons. The number of nitrogens with one attached hydrogen (secondary N) is 1. The summed E-state index contributed by atoms with van der Waals surface area (Å²) < 4.78 is 16.9. The molecular weight excluding hydrogens is 498 g/mol. The summed E-state index contributed by atoms with van der Waals surface area (Å²) in [5, 5.41) is 9.79. The molecule has 0 saturated carbocycles. The van der Waals surface area contributed by atoms with Gasteiger partial charge in [0.15, 0.2) is 5.78 Å². The molecule has 39 heavy (non-hydrogen) atoms. The van der Waals surface area contributed by atoms with Gasteiger partial charge >= 0.3 is 11.9 Å². The number of allylic oxidation sites excluding steroid dienone is 1. The zero-order valence-electron chi connectivity index (χ0n) is 22.3. The van der Waals surface area contributed by atoms with Crippen LogP contribution in [0.3, 0.4) is 0 Å². The molecule has 0 saturated heterocycles. The standard InChI is InChI=1S/C31H29NO7/c1-31(2,3)39-30(36)27-21-8-6-7-9-23(21)32-28(27)22-16-20(25(37-4)17-26(22)38-5)14-15-24(33)18-10-12-19(13-11-18)29(34)35/h6-17,32H,1-5H3,(H,34,35). The quantitative estimate of drug-likeness (QED) is 0.155. The fourth-order valence-electron chi connectivity index (χ4n) is 4.17. The Morgan fingerprint density at radius 2 is 1.51 bits per heavy atom. The highest BCUT2D eigenvalue weighted by Gasteiger charge is 2.27. The van der Waals surface area contributed by atoms with Crippen LogP contribution in [0, 0.1) is 0 Å². The van der Waals surface area contributed by atoms with Gasteiger partial charge in [0.05, 0.1) is 31.0 Å². The number of carboxylic acid groups (broad SMARTS) is 1. The summed E-state index contributed by atoms with van der Waals surface area (Å²) in [4.78, 5) is 40.6. The van der Waals surface area contributed by atoms with E-state index in [4.69, 9.17) is 19.3 Å². The summed E-state index contributed by atoms with van der Waals surface area (Å²) in [6.07, 6.45) is 2.98. The van der Waals surface area contributed by atoms with E-state index in [-0.39, 0.29) is 11.3 Å². The zero-order valence-corrected chi connectivity index (χ0v) is 22.3. The number of esters is 1. The van der Waals surface area contributed by atoms with E-state index in [1.165, 1.54) is 44.6 Å². The lowest BCUT2D eigenvalue weighted by Crippen LogP contribution is -2.24. The largest absolute Gasteiger partial charge is 0.496 e. The van der Waals surface area contributed by atoms with Crippen molar-refractivity contribution >= 4 is 34.7 Å². The van der Waals surface area contributed by atoms with E-state index < -0.39 is 17.5 Å². The molecule has 4 rings (SSSR count). The van der Waals surface area contributed by atoms with E-state index in [9.17, 15) is 14.4 Å². The number of para-hydroxylation sites is 1. The second-order valence-corrected chi connectivity index (χ2v) is 9.80. The van der Waals surface area contributed by atoms with Crippen molar-refractivity contribution in [2.24, 2.45) is 0 Å². The molecule has 1 heterocycles. The lowest BCUT2D eigenvalue weighted by Gasteiger charge is -2.20. The topological polar surface area (TPSA) is 115 Å². The third-order valence-corrected chi connectivity index (χ3v) is 5.96. The van der Waals surface area contributed by atoms with Crippen LogP contribution in [0.1, 0.15) is 57.4 Å². The molecule has 2 N–H and O–H groups in total. The summed E-state index contributed by atoms with van der Waals surface area (Å²) in [5.41, 5.74) is 2.51. The number of rotatable bonds is 8. The SMILES string of the molecule is COc1cc(OC)c(-c2[nH]c3ccccc3c2C(=O)OC(C)(C)C)cc1C=CC(=O)c1ccc(C(=O)O)cc1. The van der Waals surface area contributed by atoms with Crippen molar-refractivity contribution in [3.8, 4) is 22.8 Å². The molecule has 8 nitrogen and oxygen atoms in total. The van der Waals surface area contributed by atoms with E-state index >= 15 is 0 Å². The van der Waals surface area contributed by atoms with Crippen LogP contribution >= 0.6 is 0 Å². The average Bonchev–Trinajstić information content (AvgIpc) is 3.30. The highest BCUT2D eigenvalue weighted by atomic mass is 16.6. The predicted octanol–water partition coefficient (Wildman–Crippen LogP) is 6.40. The second-order valence-electron chi connectivity index (χ2n) is 9.80. The Kier molecular flexibility index (Phi) is 7.58. The van der Waals surface area contributed by atoms with E-state index in [0.29, 0.717) is 44.8 Å². The van der Waals surface area contributed by atoms with E-state index in [2.05, 4.69) is 4.98 Å². The molecule has 0 aliphatic rings. The minimum atomic E-state index is -1.07. The minimum absolute atomic E-state index is 0.0936. The smallest absolute Gasteiger partial charge is 0.341 e. The third kappa shape index (κ3) is 5.85. The lowest BCUT2D eigenvalue weighted by molar-refractivity contribution is 0.00725. The number of hydrogen-bond donors (Lipinski definition) is 2. The number of aromatic carboxylic acids is 1. The maximum Gasteiger partial charge on any atom is 0.341 e. The van der Waals surface area contributed by atoms with Gasteiger partial charge in [-0.3, -0.25) is 4.79 Å². The first-order valence-corrected chi connectivity index (χ1v) is 12.2. The molecule has 4 aromatic rings. The maximum atomic E-state index is 13.4. The fourth-order valence-corrected chi connectivity index (χ4v) is 4.17. The van der Waals surface area contributed by atoms with Crippen LogP contribution in [0.2, 0.25) is 0 Å². The molecule has 0 aliphatic carbocycles. The second kappa shape index (κ2) is 10.9. The Balaban J connectivity index is 1.82. The summed E-state index contributed by atoms with van der Waals surface area (Å²) in [6.45, 7) is 5.42. The Hall–Kier alpha value is -4.85. The van der Waals surface area contributed by atoms with Gasteiger partial charge in [0.1, 0.15) is 17.1 Å². The number of hydrogen-bond acceptors (Lipinski definition) is 6. The van der Waals surface area contributed by atoms with Gasteiger partial charge in [-0.1, -0.05) is 30.3 Å². The number of carboxylic acids is 1. The van der Waals surface area contributed by atoms with E-state index in [1.54, 1.807) is 18.2 Å². The highest BCUT2D eigenvalue weighted by molar-refractivity contribution is 6.11. The van der Waals surface area contributed by atoms with Crippen molar-refractivity contribution < 1.29 is 33.7 Å². The molecule has 8 heteroatoms. The molecule has 200 valence electrons. The van der Waals surface area contributed by atoms with Crippen molar-refractivity contribution in [3.05, 3.63) is 89.0 Å². The van der Waals surface area contributed by atoms with Crippen molar-refractivity contribution in [1.82, 2.24) is 4.98 Å². The Morgan fingerprint density at radius 1 is 0.872 bits per heavy atom. The summed E-state index contributed by atoms with van der Waals surface area (Å²) >= 11 is 0. The Bertz CT molecular complexity index is 1590. The third-order valence-electron chi connectivity index (χ3n) is 5.96. The van der Waals surface area contributed by atoms with Gasteiger partial charge in [-0.25, -0.2) is 9.59 Å². The number of ether oxygens (including phenoxy) is 3.